The average Bonchev–Trinajstić information content (AvgIpc) is 2.65. The average molecular weight is 207 g/mol. The molecule has 1 atom stereocenters. The maximum Gasteiger partial charge on any atom is 0.115 e. The molecule has 2 rings (SSSR count). The largest absolute Gasteiger partial charge is 0.508 e. The van der Waals surface area contributed by atoms with Crippen molar-refractivity contribution in [3.63, 3.8) is 0 Å². The van der Waals surface area contributed by atoms with Crippen LogP contribution in [-0.4, -0.2) is 23.9 Å². The van der Waals surface area contributed by atoms with E-state index in [1.807, 2.05) is 12.1 Å². The SMILES string of the molecule is CC1(NCc2ccc(O)cc2)CCOC1. The summed E-state index contributed by atoms with van der Waals surface area (Å²) in [7, 11) is 0. The highest BCUT2D eigenvalue weighted by Crippen LogP contribution is 2.18. The summed E-state index contributed by atoms with van der Waals surface area (Å²) in [5.41, 5.74) is 1.29. The highest BCUT2D eigenvalue weighted by molar-refractivity contribution is 5.25. The zero-order valence-electron chi connectivity index (χ0n) is 8.99. The summed E-state index contributed by atoms with van der Waals surface area (Å²) < 4.78 is 5.37. The van der Waals surface area contributed by atoms with Crippen molar-refractivity contribution >= 4 is 0 Å². The highest BCUT2D eigenvalue weighted by atomic mass is 16.5. The second-order valence-corrected chi connectivity index (χ2v) is 4.38. The number of hydrogen-bond donors (Lipinski definition) is 2. The molecule has 1 aliphatic rings. The molecule has 1 aromatic carbocycles. The first-order chi connectivity index (χ1) is 7.18. The Bertz CT molecular complexity index is 315. The van der Waals surface area contributed by atoms with Crippen LogP contribution in [0.5, 0.6) is 5.75 Å². The number of ether oxygens (including phenoxy) is 1. The summed E-state index contributed by atoms with van der Waals surface area (Å²) in [5.74, 6) is 0.314. The van der Waals surface area contributed by atoms with Crippen molar-refractivity contribution in [2.45, 2.75) is 25.4 Å². The van der Waals surface area contributed by atoms with Gasteiger partial charge in [0, 0.05) is 18.7 Å². The Hall–Kier alpha value is -1.06. The molecular weight excluding hydrogens is 190 g/mol. The van der Waals surface area contributed by atoms with Crippen molar-refractivity contribution < 1.29 is 9.84 Å². The van der Waals surface area contributed by atoms with Crippen LogP contribution in [0.2, 0.25) is 0 Å². The molecule has 0 spiro atoms. The van der Waals surface area contributed by atoms with E-state index in [0.717, 1.165) is 26.2 Å². The summed E-state index contributed by atoms with van der Waals surface area (Å²) in [6.07, 6.45) is 1.06. The Morgan fingerprint density at radius 2 is 2.13 bits per heavy atom. The predicted molar refractivity (Wildman–Crippen MR) is 58.8 cm³/mol. The van der Waals surface area contributed by atoms with E-state index >= 15 is 0 Å². The van der Waals surface area contributed by atoms with E-state index in [-0.39, 0.29) is 5.54 Å². The first-order valence-corrected chi connectivity index (χ1v) is 5.29. The molecule has 3 nitrogen and oxygen atoms in total. The molecule has 1 fully saturated rings. The summed E-state index contributed by atoms with van der Waals surface area (Å²) in [5, 5.41) is 12.6. The minimum Gasteiger partial charge on any atom is -0.508 e. The van der Waals surface area contributed by atoms with Crippen LogP contribution in [0.1, 0.15) is 18.9 Å². The number of nitrogens with one attached hydrogen (secondary N) is 1. The minimum absolute atomic E-state index is 0.109. The number of rotatable bonds is 3. The van der Waals surface area contributed by atoms with Crippen LogP contribution in [0.15, 0.2) is 24.3 Å². The lowest BCUT2D eigenvalue weighted by atomic mass is 10.0. The second-order valence-electron chi connectivity index (χ2n) is 4.38. The molecule has 1 saturated heterocycles. The van der Waals surface area contributed by atoms with E-state index in [9.17, 15) is 0 Å². The Morgan fingerprint density at radius 1 is 1.40 bits per heavy atom. The molecule has 0 bridgehead atoms. The van der Waals surface area contributed by atoms with Gasteiger partial charge in [-0.25, -0.2) is 0 Å². The molecule has 0 aromatic heterocycles. The lowest BCUT2D eigenvalue weighted by Gasteiger charge is -2.23. The quantitative estimate of drug-likeness (QED) is 0.792. The van der Waals surface area contributed by atoms with Gasteiger partial charge in [-0.2, -0.15) is 0 Å². The van der Waals surface area contributed by atoms with Crippen molar-refractivity contribution in [3.05, 3.63) is 29.8 Å². The number of aromatic hydroxyl groups is 1. The molecule has 1 unspecified atom stereocenters. The van der Waals surface area contributed by atoms with Crippen LogP contribution in [0.3, 0.4) is 0 Å². The van der Waals surface area contributed by atoms with Gasteiger partial charge in [0.2, 0.25) is 0 Å². The van der Waals surface area contributed by atoms with Crippen LogP contribution in [0, 0.1) is 0 Å². The van der Waals surface area contributed by atoms with E-state index < -0.39 is 0 Å². The third kappa shape index (κ3) is 2.70. The Kier molecular flexibility index (Phi) is 2.93. The van der Waals surface area contributed by atoms with Gasteiger partial charge < -0.3 is 15.2 Å². The molecule has 1 heterocycles. The molecule has 3 heteroatoms. The summed E-state index contributed by atoms with van der Waals surface area (Å²) >= 11 is 0. The van der Waals surface area contributed by atoms with Gasteiger partial charge in [0.25, 0.3) is 0 Å². The van der Waals surface area contributed by atoms with E-state index in [0.29, 0.717) is 5.75 Å². The van der Waals surface area contributed by atoms with Gasteiger partial charge in [0.15, 0.2) is 0 Å². The lowest BCUT2D eigenvalue weighted by molar-refractivity contribution is 0.171. The topological polar surface area (TPSA) is 41.5 Å². The standard InChI is InChI=1S/C12H17NO2/c1-12(6-7-15-9-12)13-8-10-2-4-11(14)5-3-10/h2-5,13-14H,6-9H2,1H3. The summed E-state index contributed by atoms with van der Waals surface area (Å²) in [6.45, 7) is 4.63. The van der Waals surface area contributed by atoms with Gasteiger partial charge in [-0.3, -0.25) is 0 Å². The van der Waals surface area contributed by atoms with Crippen LogP contribution >= 0.6 is 0 Å². The number of phenolic OH excluding ortho intramolecular Hbond substituents is 1. The van der Waals surface area contributed by atoms with Crippen molar-refractivity contribution in [1.82, 2.24) is 5.32 Å². The third-order valence-corrected chi connectivity index (χ3v) is 2.87. The van der Waals surface area contributed by atoms with E-state index in [2.05, 4.69) is 12.2 Å². The van der Waals surface area contributed by atoms with Gasteiger partial charge in [0.05, 0.1) is 6.61 Å². The smallest absolute Gasteiger partial charge is 0.115 e. The minimum atomic E-state index is 0.109. The monoisotopic (exact) mass is 207 g/mol. The zero-order chi connectivity index (χ0) is 10.7. The predicted octanol–water partition coefficient (Wildman–Crippen LogP) is 1.66. The molecule has 0 amide bonds. The molecule has 0 saturated carbocycles. The van der Waals surface area contributed by atoms with E-state index in [1.165, 1.54) is 5.56 Å². The number of phenols is 1. The number of hydrogen-bond acceptors (Lipinski definition) is 3. The van der Waals surface area contributed by atoms with Gasteiger partial charge >= 0.3 is 0 Å². The highest BCUT2D eigenvalue weighted by Gasteiger charge is 2.28. The van der Waals surface area contributed by atoms with Gasteiger partial charge in [-0.1, -0.05) is 12.1 Å². The van der Waals surface area contributed by atoms with Crippen molar-refractivity contribution in [2.24, 2.45) is 0 Å². The van der Waals surface area contributed by atoms with Gasteiger partial charge in [0.1, 0.15) is 5.75 Å². The zero-order valence-corrected chi connectivity index (χ0v) is 8.99. The molecule has 82 valence electrons. The van der Waals surface area contributed by atoms with Crippen molar-refractivity contribution in [1.29, 1.82) is 0 Å². The molecule has 15 heavy (non-hydrogen) atoms. The van der Waals surface area contributed by atoms with E-state index in [4.69, 9.17) is 9.84 Å². The number of benzene rings is 1. The summed E-state index contributed by atoms with van der Waals surface area (Å²) in [6, 6.07) is 7.29. The Labute approximate surface area is 90.1 Å². The molecule has 1 aromatic rings. The van der Waals surface area contributed by atoms with Crippen LogP contribution in [-0.2, 0) is 11.3 Å². The lowest BCUT2D eigenvalue weighted by Crippen LogP contribution is -2.42. The maximum absolute atomic E-state index is 9.15. The third-order valence-electron chi connectivity index (χ3n) is 2.87. The molecule has 0 aliphatic carbocycles. The van der Waals surface area contributed by atoms with Crippen LogP contribution in [0.4, 0.5) is 0 Å². The van der Waals surface area contributed by atoms with E-state index in [1.54, 1.807) is 12.1 Å². The van der Waals surface area contributed by atoms with Crippen LogP contribution < -0.4 is 5.32 Å². The first-order valence-electron chi connectivity index (χ1n) is 5.29. The van der Waals surface area contributed by atoms with Crippen molar-refractivity contribution in [2.75, 3.05) is 13.2 Å². The molecular formula is C12H17NO2. The first kappa shape index (κ1) is 10.5. The fourth-order valence-electron chi connectivity index (χ4n) is 1.74. The molecule has 1 aliphatic heterocycles. The second kappa shape index (κ2) is 4.21. The Balaban J connectivity index is 1.90. The normalized spacial score (nSPS) is 25.7. The summed E-state index contributed by atoms with van der Waals surface area (Å²) in [4.78, 5) is 0. The van der Waals surface area contributed by atoms with Crippen molar-refractivity contribution in [3.8, 4) is 5.75 Å². The Morgan fingerprint density at radius 3 is 2.73 bits per heavy atom. The van der Waals surface area contributed by atoms with Gasteiger partial charge in [-0.15, -0.1) is 0 Å². The maximum atomic E-state index is 9.15. The molecule has 0 radical (unpaired) electrons. The van der Waals surface area contributed by atoms with Crippen LogP contribution in [0.25, 0.3) is 0 Å². The molecule has 2 N–H and O–H groups in total. The van der Waals surface area contributed by atoms with Gasteiger partial charge in [-0.05, 0) is 31.0 Å². The fourth-order valence-corrected chi connectivity index (χ4v) is 1.74. The fraction of sp³-hybridized carbons (Fsp3) is 0.500.